The molecule has 5 aromatic rings. The Labute approximate surface area is 265 Å². The van der Waals surface area contributed by atoms with E-state index in [1.54, 1.807) is 13.0 Å². The molecule has 0 saturated heterocycles. The molecule has 1 amide bonds. The highest BCUT2D eigenvalue weighted by Gasteiger charge is 2.61. The highest BCUT2D eigenvalue weighted by Crippen LogP contribution is 2.60. The van der Waals surface area contributed by atoms with E-state index in [4.69, 9.17) is 5.73 Å². The van der Waals surface area contributed by atoms with Gasteiger partial charge in [-0.15, -0.1) is 0 Å². The molecule has 0 bridgehead atoms. The van der Waals surface area contributed by atoms with Crippen LogP contribution >= 0.6 is 0 Å². The number of nitrogen functional groups attached to an aromatic ring is 1. The van der Waals surface area contributed by atoms with Crippen LogP contribution in [-0.2, 0) is 29.9 Å². The molecular formula is C31H23F7N8O2. The van der Waals surface area contributed by atoms with Crippen LogP contribution in [-0.4, -0.2) is 35.3 Å². The van der Waals surface area contributed by atoms with Gasteiger partial charge in [0.2, 0.25) is 5.91 Å². The Morgan fingerprint density at radius 3 is 2.50 bits per heavy atom. The van der Waals surface area contributed by atoms with Crippen LogP contribution in [0.15, 0.2) is 59.5 Å². The van der Waals surface area contributed by atoms with Gasteiger partial charge in [-0.2, -0.15) is 32.1 Å². The molecule has 2 aliphatic rings. The van der Waals surface area contributed by atoms with Gasteiger partial charge in [0.25, 0.3) is 5.92 Å². The molecule has 1 aromatic carbocycles. The van der Waals surface area contributed by atoms with Crippen molar-refractivity contribution in [2.45, 2.75) is 43.9 Å². The maximum atomic E-state index is 15.3. The minimum atomic E-state index is -5.07. The number of aromatic nitrogens is 6. The first-order valence-electron chi connectivity index (χ1n) is 14.4. The number of hydrogen-bond donors (Lipinski definition) is 3. The Hall–Kier alpha value is -5.48. The number of carbonyl (C=O) groups is 1. The summed E-state index contributed by atoms with van der Waals surface area (Å²) < 4.78 is 103. The number of allylic oxidation sites excluding steroid dienone is 2. The summed E-state index contributed by atoms with van der Waals surface area (Å²) in [5, 5.41) is 12.3. The number of hydrogen-bond acceptors (Lipinski definition) is 6. The van der Waals surface area contributed by atoms with Crippen molar-refractivity contribution in [3.63, 3.8) is 0 Å². The Morgan fingerprint density at radius 1 is 1.10 bits per heavy atom. The Kier molecular flexibility index (Phi) is 6.99. The number of nitrogens with one attached hydrogen (secondary N) is 2. The summed E-state index contributed by atoms with van der Waals surface area (Å²) in [6.45, 7) is 0.571. The topological polar surface area (TPSA) is 136 Å². The number of anilines is 1. The largest absolute Gasteiger partial charge is 0.435 e. The number of benzene rings is 1. The fourth-order valence-corrected chi connectivity index (χ4v) is 6.55. The first-order valence-corrected chi connectivity index (χ1v) is 14.4. The summed E-state index contributed by atoms with van der Waals surface area (Å²) in [7, 11) is 0. The van der Waals surface area contributed by atoms with Gasteiger partial charge in [0.1, 0.15) is 23.9 Å². The van der Waals surface area contributed by atoms with E-state index >= 15 is 8.78 Å². The second kappa shape index (κ2) is 10.8. The highest BCUT2D eigenvalue weighted by molar-refractivity contribution is 5.78. The first-order chi connectivity index (χ1) is 22.6. The molecule has 0 aliphatic heterocycles. The molecule has 0 unspecified atom stereocenters. The van der Waals surface area contributed by atoms with Gasteiger partial charge >= 0.3 is 11.9 Å². The van der Waals surface area contributed by atoms with E-state index in [0.29, 0.717) is 27.7 Å². The number of aryl methyl sites for hydroxylation is 1. The molecule has 0 spiro atoms. The summed E-state index contributed by atoms with van der Waals surface area (Å²) in [6.07, 6.45) is -1.75. The smallest absolute Gasteiger partial charge is 0.397 e. The quantitative estimate of drug-likeness (QED) is 0.166. The molecule has 0 fully saturated rings. The van der Waals surface area contributed by atoms with Crippen LogP contribution in [0.3, 0.4) is 0 Å². The van der Waals surface area contributed by atoms with Crippen molar-refractivity contribution in [2.75, 3.05) is 5.73 Å². The maximum absolute atomic E-state index is 15.3. The van der Waals surface area contributed by atoms with Crippen molar-refractivity contribution >= 4 is 17.2 Å². The first kappa shape index (κ1) is 31.1. The van der Waals surface area contributed by atoms with Crippen molar-refractivity contribution < 1.29 is 35.5 Å². The lowest BCUT2D eigenvalue weighted by Crippen LogP contribution is -2.36. The van der Waals surface area contributed by atoms with Crippen molar-refractivity contribution in [1.82, 2.24) is 34.7 Å². The van der Waals surface area contributed by atoms with E-state index in [0.717, 1.165) is 18.2 Å². The van der Waals surface area contributed by atoms with Gasteiger partial charge in [0.05, 0.1) is 29.5 Å². The molecule has 48 heavy (non-hydrogen) atoms. The lowest BCUT2D eigenvalue weighted by atomic mass is 9.81. The summed E-state index contributed by atoms with van der Waals surface area (Å²) in [6, 6.07) is 6.07. The minimum absolute atomic E-state index is 0.0640. The molecule has 0 radical (unpaired) electrons. The highest BCUT2D eigenvalue weighted by atomic mass is 19.4. The molecule has 4 heterocycles. The monoisotopic (exact) mass is 672 g/mol. The van der Waals surface area contributed by atoms with E-state index in [9.17, 15) is 31.5 Å². The lowest BCUT2D eigenvalue weighted by Gasteiger charge is -2.27. The average Bonchev–Trinajstić information content (AvgIpc) is 3.56. The molecule has 3 atom stereocenters. The van der Waals surface area contributed by atoms with Gasteiger partial charge in [-0.3, -0.25) is 14.5 Å². The zero-order valence-corrected chi connectivity index (χ0v) is 24.6. The number of rotatable bonds is 7. The number of H-pyrrole nitrogens is 1. The van der Waals surface area contributed by atoms with Crippen LogP contribution < -0.4 is 16.7 Å². The molecule has 248 valence electrons. The van der Waals surface area contributed by atoms with Gasteiger partial charge in [-0.05, 0) is 49.2 Å². The van der Waals surface area contributed by atoms with Gasteiger partial charge < -0.3 is 11.1 Å². The number of alkyl halides is 5. The van der Waals surface area contributed by atoms with Crippen molar-refractivity contribution in [2.24, 2.45) is 5.92 Å². The SMILES string of the molecule is Cc1c(-c2cc(N)cnc2[C@H](Cc2cc(F)cc(F)c2)NC(=O)Cn2nc(C(F)(F)F)c3c2C(F)(F)[C@@H]2C=C[C@H]32)ccc2n[nH]c(=O)n12. The summed E-state index contributed by atoms with van der Waals surface area (Å²) in [5.41, 5.74) is 4.04. The number of amides is 1. The third-order valence-electron chi connectivity index (χ3n) is 8.61. The van der Waals surface area contributed by atoms with E-state index < -0.39 is 76.7 Å². The number of carbonyl (C=O) groups excluding carboxylic acids is 1. The summed E-state index contributed by atoms with van der Waals surface area (Å²) in [4.78, 5) is 30.4. The van der Waals surface area contributed by atoms with E-state index in [-0.39, 0.29) is 28.9 Å². The molecule has 17 heteroatoms. The molecule has 7 rings (SSSR count). The number of nitrogens with two attached hydrogens (primary N) is 1. The third-order valence-corrected chi connectivity index (χ3v) is 8.61. The van der Waals surface area contributed by atoms with Crippen LogP contribution in [0.2, 0.25) is 0 Å². The molecule has 2 aliphatic carbocycles. The molecule has 0 saturated carbocycles. The summed E-state index contributed by atoms with van der Waals surface area (Å²) >= 11 is 0. The fraction of sp³-hybridized carbons (Fsp3) is 0.258. The molecular weight excluding hydrogens is 649 g/mol. The van der Waals surface area contributed by atoms with Gasteiger partial charge in [0, 0.05) is 34.4 Å². The van der Waals surface area contributed by atoms with Crippen molar-refractivity contribution in [1.29, 1.82) is 0 Å². The maximum Gasteiger partial charge on any atom is 0.435 e. The normalized spacial score (nSPS) is 18.4. The van der Waals surface area contributed by atoms with Crippen molar-refractivity contribution in [3.8, 4) is 11.1 Å². The number of nitrogens with zero attached hydrogens (tertiary/aromatic N) is 5. The third kappa shape index (κ3) is 5.00. The second-order valence-corrected chi connectivity index (χ2v) is 11.7. The number of halogens is 7. The predicted molar refractivity (Wildman–Crippen MR) is 156 cm³/mol. The fourth-order valence-electron chi connectivity index (χ4n) is 6.55. The van der Waals surface area contributed by atoms with E-state index in [1.807, 2.05) is 0 Å². The van der Waals surface area contributed by atoms with E-state index in [2.05, 4.69) is 25.6 Å². The number of pyridine rings is 2. The minimum Gasteiger partial charge on any atom is -0.397 e. The second-order valence-electron chi connectivity index (χ2n) is 11.7. The van der Waals surface area contributed by atoms with Gasteiger partial charge in [-0.25, -0.2) is 23.1 Å². The number of aromatic amines is 1. The van der Waals surface area contributed by atoms with Crippen LogP contribution in [0, 0.1) is 24.5 Å². The standard InChI is InChI=1S/C31H23F7N8O2/c1-13-18(3-5-23-42-43-29(48)46(13)23)20-10-17(39)11-40-26(20)22(8-14-6-15(32)9-16(33)7-14)41-24(47)12-45-28-25(27(44-45)31(36,37)38)19-2-4-21(19)30(28,34)35/h2-7,9-11,19,21-22H,8,12,39H2,1H3,(H,41,47)(H,43,48)/t19-,21+,22-/m0/s1. The van der Waals surface area contributed by atoms with Gasteiger partial charge in [-0.1, -0.05) is 12.2 Å². The van der Waals surface area contributed by atoms with Gasteiger partial charge in [0.15, 0.2) is 11.3 Å². The molecule has 10 nitrogen and oxygen atoms in total. The zero-order chi connectivity index (χ0) is 34.3. The zero-order valence-electron chi connectivity index (χ0n) is 24.6. The Bertz CT molecular complexity index is 2200. The Morgan fingerprint density at radius 2 is 1.83 bits per heavy atom. The average molecular weight is 673 g/mol. The van der Waals surface area contributed by atoms with E-state index in [1.165, 1.54) is 28.8 Å². The number of fused-ring (bicyclic) bond motifs is 4. The Balaban J connectivity index is 1.31. The predicted octanol–water partition coefficient (Wildman–Crippen LogP) is 4.94. The van der Waals surface area contributed by atoms with Crippen LogP contribution in [0.4, 0.5) is 36.4 Å². The van der Waals surface area contributed by atoms with Crippen molar-refractivity contribution in [3.05, 3.63) is 111 Å². The lowest BCUT2D eigenvalue weighted by molar-refractivity contribution is -0.142. The van der Waals surface area contributed by atoms with Crippen LogP contribution in [0.5, 0.6) is 0 Å². The van der Waals surface area contributed by atoms with Crippen LogP contribution in [0.25, 0.3) is 16.8 Å². The van der Waals surface area contributed by atoms with Crippen LogP contribution in [0.1, 0.15) is 45.9 Å². The summed E-state index contributed by atoms with van der Waals surface area (Å²) in [5.74, 6) is -9.30. The molecule has 4 aromatic heterocycles. The molecule has 4 N–H and O–H groups in total.